The number of carboxylic acids is 1. The number of amides is 1. The number of anilines is 1. The molecule has 0 fully saturated rings. The van der Waals surface area contributed by atoms with Crippen LogP contribution in [0.4, 0.5) is 5.69 Å². The number of hydrogen-bond acceptors (Lipinski definition) is 3. The molecule has 0 radical (unpaired) electrons. The molecule has 0 aromatic heterocycles. The van der Waals surface area contributed by atoms with Crippen LogP contribution in [0, 0.1) is 12.3 Å². The maximum atomic E-state index is 12.9. The van der Waals surface area contributed by atoms with Crippen LogP contribution in [0.5, 0.6) is 5.75 Å². The maximum Gasteiger partial charge on any atom is 0.336 e. The molecule has 5 nitrogen and oxygen atoms in total. The predicted octanol–water partition coefficient (Wildman–Crippen LogP) is 6.20. The molecule has 2 rings (SSSR count). The Morgan fingerprint density at radius 2 is 1.52 bits per heavy atom. The van der Waals surface area contributed by atoms with Crippen LogP contribution in [-0.2, 0) is 10.2 Å². The predicted molar refractivity (Wildman–Crippen MR) is 125 cm³/mol. The van der Waals surface area contributed by atoms with Crippen molar-refractivity contribution < 1.29 is 19.4 Å². The summed E-state index contributed by atoms with van der Waals surface area (Å²) in [5.41, 5.74) is 1.44. The van der Waals surface area contributed by atoms with E-state index in [4.69, 9.17) is 4.74 Å². The summed E-state index contributed by atoms with van der Waals surface area (Å²) in [5.74, 6) is -0.777. The molecule has 0 aliphatic carbocycles. The van der Waals surface area contributed by atoms with E-state index in [0.717, 1.165) is 6.42 Å². The highest BCUT2D eigenvalue weighted by molar-refractivity contribution is 5.99. The van der Waals surface area contributed by atoms with Gasteiger partial charge < -0.3 is 15.2 Å². The highest BCUT2D eigenvalue weighted by atomic mass is 16.5. The second-order valence-corrected chi connectivity index (χ2v) is 10.5. The molecule has 0 spiro atoms. The van der Waals surface area contributed by atoms with Gasteiger partial charge in [-0.15, -0.1) is 0 Å². The van der Waals surface area contributed by atoms with Crippen molar-refractivity contribution in [1.82, 2.24) is 0 Å². The van der Waals surface area contributed by atoms with Crippen LogP contribution in [0.25, 0.3) is 0 Å². The van der Waals surface area contributed by atoms with Gasteiger partial charge in [0, 0.05) is 5.69 Å². The summed E-state index contributed by atoms with van der Waals surface area (Å²) in [6, 6.07) is 12.7. The van der Waals surface area contributed by atoms with Crippen LogP contribution in [-0.4, -0.2) is 22.6 Å². The molecule has 2 aromatic rings. The first-order chi connectivity index (χ1) is 14.1. The summed E-state index contributed by atoms with van der Waals surface area (Å²) in [6.07, 6.45) is 1.04. The molecular weight excluding hydrogens is 390 g/mol. The van der Waals surface area contributed by atoms with Gasteiger partial charge in [0.15, 0.2) is 5.60 Å². The summed E-state index contributed by atoms with van der Waals surface area (Å²) >= 11 is 0. The number of carbonyl (C=O) groups is 2. The second-order valence-electron chi connectivity index (χ2n) is 10.5. The fourth-order valence-corrected chi connectivity index (χ4v) is 4.02. The third-order valence-electron chi connectivity index (χ3n) is 5.34. The summed E-state index contributed by atoms with van der Waals surface area (Å²) in [4.78, 5) is 24.2. The second kappa shape index (κ2) is 8.74. The van der Waals surface area contributed by atoms with Crippen LogP contribution in [0.3, 0.4) is 0 Å². The summed E-state index contributed by atoms with van der Waals surface area (Å²) in [7, 11) is 0. The van der Waals surface area contributed by atoms with Crippen molar-refractivity contribution in [3.63, 3.8) is 0 Å². The smallest absolute Gasteiger partial charge is 0.336 e. The Morgan fingerprint density at radius 3 is 2.03 bits per heavy atom. The average molecular weight is 426 g/mol. The molecule has 5 heteroatoms. The highest BCUT2D eigenvalue weighted by Gasteiger charge is 2.31. The zero-order valence-electron chi connectivity index (χ0n) is 19.9. The number of ether oxygens (including phenoxy) is 1. The molecule has 0 aliphatic heterocycles. The summed E-state index contributed by atoms with van der Waals surface area (Å²) in [5, 5.41) is 12.1. The van der Waals surface area contributed by atoms with Gasteiger partial charge in [0.25, 0.3) is 5.91 Å². The molecule has 0 atom stereocenters. The van der Waals surface area contributed by atoms with Gasteiger partial charge >= 0.3 is 5.97 Å². The molecule has 0 unspecified atom stereocenters. The zero-order chi connectivity index (χ0) is 23.6. The van der Waals surface area contributed by atoms with Crippen molar-refractivity contribution in [2.45, 2.75) is 72.8 Å². The van der Waals surface area contributed by atoms with Gasteiger partial charge in [-0.25, -0.2) is 4.79 Å². The number of carbonyl (C=O) groups excluding carboxylic acids is 1. The van der Waals surface area contributed by atoms with E-state index in [9.17, 15) is 14.7 Å². The number of carboxylic acid groups (broad SMARTS) is 1. The topological polar surface area (TPSA) is 75.6 Å². The summed E-state index contributed by atoms with van der Waals surface area (Å²) < 4.78 is 5.99. The minimum Gasteiger partial charge on any atom is -0.478 e. The fraction of sp³-hybridized carbons (Fsp3) is 0.462. The molecule has 31 heavy (non-hydrogen) atoms. The number of rotatable bonds is 7. The van der Waals surface area contributed by atoms with Crippen LogP contribution < -0.4 is 10.1 Å². The Hall–Kier alpha value is -2.82. The van der Waals surface area contributed by atoms with E-state index in [-0.39, 0.29) is 22.3 Å². The fourth-order valence-electron chi connectivity index (χ4n) is 4.02. The van der Waals surface area contributed by atoms with Crippen molar-refractivity contribution in [3.8, 4) is 5.75 Å². The quantitative estimate of drug-likeness (QED) is 0.553. The first-order valence-corrected chi connectivity index (χ1v) is 10.6. The Morgan fingerprint density at radius 1 is 0.935 bits per heavy atom. The Kier molecular flexibility index (Phi) is 6.89. The minimum atomic E-state index is -1.14. The van der Waals surface area contributed by atoms with E-state index in [1.54, 1.807) is 32.9 Å². The molecule has 0 saturated carbocycles. The van der Waals surface area contributed by atoms with E-state index in [1.165, 1.54) is 11.6 Å². The lowest BCUT2D eigenvalue weighted by Gasteiger charge is -2.33. The van der Waals surface area contributed by atoms with Gasteiger partial charge in [-0.3, -0.25) is 4.79 Å². The monoisotopic (exact) mass is 425 g/mol. The van der Waals surface area contributed by atoms with Crippen LogP contribution in [0.1, 0.15) is 76.4 Å². The zero-order valence-corrected chi connectivity index (χ0v) is 19.9. The number of hydrogen-bond donors (Lipinski definition) is 2. The Labute approximate surface area is 185 Å². The standard InChI is InChI=1S/C26H35NO4/c1-17-20(22(28)29)10-9-11-21(17)27-23(30)26(7,8)31-19-14-12-18(13-15-19)25(5,6)16-24(2,3)4/h9-15H,16H2,1-8H3,(H,27,30)(H,28,29). The van der Waals surface area contributed by atoms with Gasteiger partial charge in [-0.1, -0.05) is 52.8 Å². The van der Waals surface area contributed by atoms with Crippen molar-refractivity contribution in [2.75, 3.05) is 5.32 Å². The first kappa shape index (κ1) is 24.4. The van der Waals surface area contributed by atoms with E-state index in [1.807, 2.05) is 12.1 Å². The van der Waals surface area contributed by atoms with E-state index >= 15 is 0 Å². The van der Waals surface area contributed by atoms with Crippen molar-refractivity contribution in [1.29, 1.82) is 0 Å². The minimum absolute atomic E-state index is 0.0242. The number of nitrogens with one attached hydrogen (secondary N) is 1. The van der Waals surface area contributed by atoms with Gasteiger partial charge in [-0.05, 0) is 73.4 Å². The van der Waals surface area contributed by atoms with Crippen molar-refractivity contribution in [2.24, 2.45) is 5.41 Å². The van der Waals surface area contributed by atoms with Crippen molar-refractivity contribution in [3.05, 3.63) is 59.2 Å². The lowest BCUT2D eigenvalue weighted by atomic mass is 9.72. The molecule has 2 N–H and O–H groups in total. The largest absolute Gasteiger partial charge is 0.478 e. The van der Waals surface area contributed by atoms with Gasteiger partial charge in [-0.2, -0.15) is 0 Å². The molecular formula is C26H35NO4. The Balaban J connectivity index is 2.14. The number of benzene rings is 2. The highest BCUT2D eigenvalue weighted by Crippen LogP contribution is 2.37. The van der Waals surface area contributed by atoms with E-state index in [2.05, 4.69) is 52.1 Å². The molecule has 2 aromatic carbocycles. The van der Waals surface area contributed by atoms with E-state index in [0.29, 0.717) is 17.0 Å². The maximum absolute atomic E-state index is 12.9. The SMILES string of the molecule is Cc1c(NC(=O)C(C)(C)Oc2ccc(C(C)(C)CC(C)(C)C)cc2)cccc1C(=O)O. The Bertz CT molecular complexity index is 950. The van der Waals surface area contributed by atoms with Gasteiger partial charge in [0.1, 0.15) is 5.75 Å². The van der Waals surface area contributed by atoms with Crippen LogP contribution in [0.2, 0.25) is 0 Å². The molecule has 0 heterocycles. The van der Waals surface area contributed by atoms with Crippen LogP contribution in [0.15, 0.2) is 42.5 Å². The van der Waals surface area contributed by atoms with E-state index < -0.39 is 11.6 Å². The van der Waals surface area contributed by atoms with Crippen molar-refractivity contribution >= 4 is 17.6 Å². The molecule has 0 aliphatic rings. The van der Waals surface area contributed by atoms with Crippen LogP contribution >= 0.6 is 0 Å². The van der Waals surface area contributed by atoms with Gasteiger partial charge in [0.05, 0.1) is 5.56 Å². The molecule has 0 saturated heterocycles. The first-order valence-electron chi connectivity index (χ1n) is 10.6. The molecule has 1 amide bonds. The lowest BCUT2D eigenvalue weighted by molar-refractivity contribution is -0.128. The molecule has 168 valence electrons. The number of aromatic carboxylic acids is 1. The average Bonchev–Trinajstić information content (AvgIpc) is 2.61. The molecule has 0 bridgehead atoms. The lowest BCUT2D eigenvalue weighted by Crippen LogP contribution is -2.42. The summed E-state index contributed by atoms with van der Waals surface area (Å²) in [6.45, 7) is 16.2. The third-order valence-corrected chi connectivity index (χ3v) is 5.34. The normalized spacial score (nSPS) is 12.4. The third kappa shape index (κ3) is 6.33. The van der Waals surface area contributed by atoms with Gasteiger partial charge in [0.2, 0.25) is 0 Å².